The van der Waals surface area contributed by atoms with Crippen molar-refractivity contribution in [1.82, 2.24) is 0 Å². The Morgan fingerprint density at radius 1 is 1.09 bits per heavy atom. The molecule has 0 N–H and O–H groups in total. The van der Waals surface area contributed by atoms with Gasteiger partial charge in [-0.15, -0.1) is 0 Å². The van der Waals surface area contributed by atoms with E-state index in [4.69, 9.17) is 0 Å². The number of carbonyl (C=O) groups is 1. The van der Waals surface area contributed by atoms with Crippen LogP contribution in [0, 0.1) is 0 Å². The highest BCUT2D eigenvalue weighted by molar-refractivity contribution is 7.85. The first-order valence-corrected chi connectivity index (χ1v) is 8.46. The lowest BCUT2D eigenvalue weighted by Crippen LogP contribution is -2.38. The highest BCUT2D eigenvalue weighted by atomic mass is 32.2. The summed E-state index contributed by atoms with van der Waals surface area (Å²) in [5.41, 5.74) is 2.46. The average Bonchev–Trinajstić information content (AvgIpc) is 2.55. The molecule has 0 aromatic heterocycles. The van der Waals surface area contributed by atoms with Gasteiger partial charge in [0.25, 0.3) is 5.91 Å². The second kappa shape index (κ2) is 5.93. The van der Waals surface area contributed by atoms with Gasteiger partial charge >= 0.3 is 0 Å². The van der Waals surface area contributed by atoms with Gasteiger partial charge in [0.2, 0.25) is 0 Å². The molecule has 22 heavy (non-hydrogen) atoms. The number of benzene rings is 2. The van der Waals surface area contributed by atoms with E-state index >= 15 is 0 Å². The van der Waals surface area contributed by atoms with Crippen LogP contribution in [0.25, 0.3) is 0 Å². The zero-order chi connectivity index (χ0) is 15.7. The van der Waals surface area contributed by atoms with Crippen LogP contribution in [-0.2, 0) is 10.8 Å². The normalized spacial score (nSPS) is 17.0. The number of carbonyl (C=O) groups excluding carboxylic acids is 1. The van der Waals surface area contributed by atoms with Gasteiger partial charge in [-0.3, -0.25) is 9.00 Å². The Morgan fingerprint density at radius 3 is 2.45 bits per heavy atom. The van der Waals surface area contributed by atoms with Gasteiger partial charge in [-0.1, -0.05) is 12.1 Å². The number of nitrogens with zero attached hydrogens (tertiary/aromatic N) is 2. The van der Waals surface area contributed by atoms with Crippen LogP contribution in [0.2, 0.25) is 0 Å². The van der Waals surface area contributed by atoms with Crippen molar-refractivity contribution in [3.63, 3.8) is 0 Å². The molecule has 2 aromatic carbocycles. The predicted octanol–water partition coefficient (Wildman–Crippen LogP) is 2.52. The van der Waals surface area contributed by atoms with Crippen molar-refractivity contribution in [3.8, 4) is 0 Å². The maximum absolute atomic E-state index is 12.8. The average molecular weight is 314 g/mol. The standard InChI is InChI=1S/C17H18N2O2S/c1-18(2)14-9-7-13(8-10-14)17(20)19-11-12-22(21)16-6-4-3-5-15(16)19/h3-10H,11-12H2,1-2H3. The van der Waals surface area contributed by atoms with Crippen LogP contribution in [0.15, 0.2) is 53.4 Å². The summed E-state index contributed by atoms with van der Waals surface area (Å²) in [6.45, 7) is 0.484. The van der Waals surface area contributed by atoms with E-state index in [0.717, 1.165) is 16.3 Å². The Bertz CT molecular complexity index is 726. The summed E-state index contributed by atoms with van der Waals surface area (Å²) in [4.78, 5) is 17.2. The van der Waals surface area contributed by atoms with Gasteiger partial charge < -0.3 is 9.80 Å². The molecule has 2 aromatic rings. The van der Waals surface area contributed by atoms with Crippen LogP contribution >= 0.6 is 0 Å². The summed E-state index contributed by atoms with van der Waals surface area (Å²) in [6, 6.07) is 15.0. The van der Waals surface area contributed by atoms with E-state index in [2.05, 4.69) is 0 Å². The first kappa shape index (κ1) is 14.8. The molecular weight excluding hydrogens is 296 g/mol. The lowest BCUT2D eigenvalue weighted by Gasteiger charge is -2.29. The molecule has 1 heterocycles. The van der Waals surface area contributed by atoms with Crippen molar-refractivity contribution in [3.05, 3.63) is 54.1 Å². The van der Waals surface area contributed by atoms with Crippen molar-refractivity contribution in [2.45, 2.75) is 4.90 Å². The summed E-state index contributed by atoms with van der Waals surface area (Å²) >= 11 is 0. The van der Waals surface area contributed by atoms with Gasteiger partial charge in [0.05, 0.1) is 21.4 Å². The summed E-state index contributed by atoms with van der Waals surface area (Å²) < 4.78 is 12.1. The quantitative estimate of drug-likeness (QED) is 0.855. The molecule has 0 bridgehead atoms. The Labute approximate surface area is 132 Å². The zero-order valence-electron chi connectivity index (χ0n) is 12.7. The molecule has 1 atom stereocenters. The molecule has 4 nitrogen and oxygen atoms in total. The molecule has 0 spiro atoms. The van der Waals surface area contributed by atoms with Crippen LogP contribution in [0.4, 0.5) is 11.4 Å². The van der Waals surface area contributed by atoms with Crippen LogP contribution in [0.5, 0.6) is 0 Å². The SMILES string of the molecule is CN(C)c1ccc(C(=O)N2CCS(=O)c3ccccc32)cc1. The molecule has 114 valence electrons. The van der Waals surface area contributed by atoms with Gasteiger partial charge in [0.1, 0.15) is 0 Å². The molecule has 1 aliphatic heterocycles. The van der Waals surface area contributed by atoms with E-state index in [9.17, 15) is 9.00 Å². The summed E-state index contributed by atoms with van der Waals surface area (Å²) in [5.74, 6) is 0.438. The van der Waals surface area contributed by atoms with Crippen LogP contribution < -0.4 is 9.80 Å². The Kier molecular flexibility index (Phi) is 3.98. The molecule has 0 saturated carbocycles. The maximum atomic E-state index is 12.8. The van der Waals surface area contributed by atoms with Gasteiger partial charge in [0, 0.05) is 37.6 Å². The fourth-order valence-corrected chi connectivity index (χ4v) is 3.76. The Hall–Kier alpha value is -2.14. The zero-order valence-corrected chi connectivity index (χ0v) is 13.5. The smallest absolute Gasteiger partial charge is 0.258 e. The Balaban J connectivity index is 1.93. The predicted molar refractivity (Wildman–Crippen MR) is 90.2 cm³/mol. The third-order valence-electron chi connectivity index (χ3n) is 3.78. The Morgan fingerprint density at radius 2 is 1.77 bits per heavy atom. The van der Waals surface area contributed by atoms with Crippen LogP contribution in [0.1, 0.15) is 10.4 Å². The van der Waals surface area contributed by atoms with E-state index in [1.54, 1.807) is 4.90 Å². The topological polar surface area (TPSA) is 40.6 Å². The van der Waals surface area contributed by atoms with Crippen LogP contribution in [0.3, 0.4) is 0 Å². The molecule has 0 saturated heterocycles. The number of amides is 1. The van der Waals surface area contributed by atoms with Crippen LogP contribution in [-0.4, -0.2) is 36.5 Å². The van der Waals surface area contributed by atoms with Gasteiger partial charge in [-0.05, 0) is 36.4 Å². The molecule has 5 heteroatoms. The lowest BCUT2D eigenvalue weighted by molar-refractivity contribution is 0.0987. The minimum atomic E-state index is -1.02. The lowest BCUT2D eigenvalue weighted by atomic mass is 10.1. The summed E-state index contributed by atoms with van der Waals surface area (Å²) in [5, 5.41) is 0. The third-order valence-corrected chi connectivity index (χ3v) is 5.17. The highest BCUT2D eigenvalue weighted by Gasteiger charge is 2.26. The number of anilines is 2. The monoisotopic (exact) mass is 314 g/mol. The fourth-order valence-electron chi connectivity index (χ4n) is 2.55. The second-order valence-corrected chi connectivity index (χ2v) is 6.95. The van der Waals surface area contributed by atoms with Crippen molar-refractivity contribution in [1.29, 1.82) is 0 Å². The van der Waals surface area contributed by atoms with Crippen molar-refractivity contribution >= 4 is 28.1 Å². The molecule has 1 amide bonds. The minimum absolute atomic E-state index is 0.0468. The van der Waals surface area contributed by atoms with Crippen molar-refractivity contribution in [2.24, 2.45) is 0 Å². The first-order chi connectivity index (χ1) is 10.6. The van der Waals surface area contributed by atoms with Gasteiger partial charge in [0.15, 0.2) is 0 Å². The molecule has 0 aliphatic carbocycles. The maximum Gasteiger partial charge on any atom is 0.258 e. The molecule has 0 radical (unpaired) electrons. The second-order valence-electron chi connectivity index (χ2n) is 5.42. The van der Waals surface area contributed by atoms with E-state index < -0.39 is 10.8 Å². The molecular formula is C17H18N2O2S. The third kappa shape index (κ3) is 2.64. The molecule has 0 fully saturated rings. The fraction of sp³-hybridized carbons (Fsp3) is 0.235. The number of fused-ring (bicyclic) bond motifs is 1. The number of para-hydroxylation sites is 1. The molecule has 1 unspecified atom stereocenters. The summed E-state index contributed by atoms with van der Waals surface area (Å²) in [7, 11) is 2.91. The largest absolute Gasteiger partial charge is 0.378 e. The van der Waals surface area contributed by atoms with E-state index in [-0.39, 0.29) is 5.91 Å². The number of hydrogen-bond acceptors (Lipinski definition) is 3. The number of hydrogen-bond donors (Lipinski definition) is 0. The van der Waals surface area contributed by atoms with Gasteiger partial charge in [-0.25, -0.2) is 0 Å². The first-order valence-electron chi connectivity index (χ1n) is 7.14. The van der Waals surface area contributed by atoms with Crippen molar-refractivity contribution in [2.75, 3.05) is 36.2 Å². The number of rotatable bonds is 2. The minimum Gasteiger partial charge on any atom is -0.378 e. The molecule has 1 aliphatic rings. The van der Waals surface area contributed by atoms with Gasteiger partial charge in [-0.2, -0.15) is 0 Å². The van der Waals surface area contributed by atoms with Crippen molar-refractivity contribution < 1.29 is 9.00 Å². The summed E-state index contributed by atoms with van der Waals surface area (Å²) in [6.07, 6.45) is 0. The van der Waals surface area contributed by atoms with E-state index in [0.29, 0.717) is 17.9 Å². The highest BCUT2D eigenvalue weighted by Crippen LogP contribution is 2.29. The van der Waals surface area contributed by atoms with E-state index in [1.807, 2.05) is 67.5 Å². The van der Waals surface area contributed by atoms with E-state index in [1.165, 1.54) is 0 Å². The molecule has 3 rings (SSSR count).